The van der Waals surface area contributed by atoms with Crippen molar-refractivity contribution in [3.63, 3.8) is 0 Å². The van der Waals surface area contributed by atoms with Crippen LogP contribution in [0.5, 0.6) is 0 Å². The summed E-state index contributed by atoms with van der Waals surface area (Å²) >= 11 is 11.1. The minimum atomic E-state index is 0.302. The highest BCUT2D eigenvalue weighted by molar-refractivity contribution is 6.75. The second kappa shape index (κ2) is 4.59. The monoisotopic (exact) mass is 163 g/mol. The third-order valence-electron chi connectivity index (χ3n) is 0.658. The zero-order chi connectivity index (χ0) is 7.28. The molecular weight excluding hydrogens is 157 g/mol. The maximum absolute atomic E-state index is 5.56. The Bertz CT molecular complexity index is 158. The predicted molar refractivity (Wildman–Crippen MR) is 43.3 cm³/mol. The van der Waals surface area contributed by atoms with Crippen molar-refractivity contribution in [2.24, 2.45) is 4.99 Å². The van der Waals surface area contributed by atoms with Crippen molar-refractivity contribution in [2.75, 3.05) is 7.05 Å². The SMILES string of the molecule is C=C/C=C(/Cl)C(Cl)=NC. The highest BCUT2D eigenvalue weighted by atomic mass is 35.5. The minimum Gasteiger partial charge on any atom is -0.275 e. The molecule has 0 aromatic heterocycles. The lowest BCUT2D eigenvalue weighted by Gasteiger charge is -1.88. The molecule has 0 unspecified atom stereocenters. The molecule has 0 bridgehead atoms. The van der Waals surface area contributed by atoms with E-state index >= 15 is 0 Å². The number of hydrogen-bond acceptors (Lipinski definition) is 1. The molecule has 0 aromatic carbocycles. The molecule has 0 aliphatic heterocycles. The molecule has 1 nitrogen and oxygen atoms in total. The number of nitrogens with zero attached hydrogens (tertiary/aromatic N) is 1. The normalized spacial score (nSPS) is 13.7. The Hall–Kier alpha value is -0.270. The first-order chi connectivity index (χ1) is 4.22. The fourth-order valence-corrected chi connectivity index (χ4v) is 0.516. The van der Waals surface area contributed by atoms with E-state index in [0.717, 1.165) is 0 Å². The minimum absolute atomic E-state index is 0.302. The summed E-state index contributed by atoms with van der Waals surface area (Å²) in [7, 11) is 1.57. The zero-order valence-corrected chi connectivity index (χ0v) is 6.58. The second-order valence-corrected chi connectivity index (χ2v) is 2.03. The number of aliphatic imine (C=N–C) groups is 1. The summed E-state index contributed by atoms with van der Waals surface area (Å²) in [5, 5.41) is 0.714. The van der Waals surface area contributed by atoms with Crippen molar-refractivity contribution in [3.05, 3.63) is 23.8 Å². The van der Waals surface area contributed by atoms with Gasteiger partial charge in [-0.05, 0) is 6.08 Å². The number of allylic oxidation sites excluding steroid dienone is 3. The van der Waals surface area contributed by atoms with E-state index in [1.807, 2.05) is 0 Å². The molecule has 0 atom stereocenters. The molecule has 0 heterocycles. The summed E-state index contributed by atoms with van der Waals surface area (Å²) in [6, 6.07) is 0. The van der Waals surface area contributed by atoms with Crippen molar-refractivity contribution < 1.29 is 0 Å². The van der Waals surface area contributed by atoms with Crippen LogP contribution in [0.4, 0.5) is 0 Å². The van der Waals surface area contributed by atoms with E-state index in [1.165, 1.54) is 0 Å². The summed E-state index contributed by atoms with van der Waals surface area (Å²) in [6.45, 7) is 3.44. The van der Waals surface area contributed by atoms with E-state index in [9.17, 15) is 0 Å². The highest BCUT2D eigenvalue weighted by Crippen LogP contribution is 2.07. The number of hydrogen-bond donors (Lipinski definition) is 0. The van der Waals surface area contributed by atoms with Gasteiger partial charge < -0.3 is 0 Å². The molecule has 3 heteroatoms. The molecule has 9 heavy (non-hydrogen) atoms. The average molecular weight is 164 g/mol. The molecule has 0 fully saturated rings. The summed E-state index contributed by atoms with van der Waals surface area (Å²) in [5.74, 6) is 0. The Morgan fingerprint density at radius 2 is 2.11 bits per heavy atom. The molecule has 0 amide bonds. The third kappa shape index (κ3) is 3.33. The molecule has 0 aliphatic rings. The topological polar surface area (TPSA) is 12.4 Å². The predicted octanol–water partition coefficient (Wildman–Crippen LogP) is 2.56. The van der Waals surface area contributed by atoms with Crippen LogP contribution < -0.4 is 0 Å². The Morgan fingerprint density at radius 1 is 1.56 bits per heavy atom. The van der Waals surface area contributed by atoms with Gasteiger partial charge in [0.1, 0.15) is 5.17 Å². The molecule has 0 N–H and O–H groups in total. The van der Waals surface area contributed by atoms with Gasteiger partial charge >= 0.3 is 0 Å². The lowest BCUT2D eigenvalue weighted by atomic mass is 10.5. The lowest BCUT2D eigenvalue weighted by Crippen LogP contribution is -1.83. The molecule has 0 radical (unpaired) electrons. The Balaban J connectivity index is 4.19. The quantitative estimate of drug-likeness (QED) is 0.439. The molecular formula is C6H7Cl2N. The van der Waals surface area contributed by atoms with Gasteiger partial charge in [-0.3, -0.25) is 4.99 Å². The van der Waals surface area contributed by atoms with Crippen LogP contribution in [0.25, 0.3) is 0 Å². The van der Waals surface area contributed by atoms with Crippen molar-refractivity contribution in [1.29, 1.82) is 0 Å². The van der Waals surface area contributed by atoms with Crippen LogP contribution in [0.15, 0.2) is 28.8 Å². The van der Waals surface area contributed by atoms with Crippen LogP contribution in [0, 0.1) is 0 Å². The molecule has 50 valence electrons. The first-order valence-corrected chi connectivity index (χ1v) is 3.08. The van der Waals surface area contributed by atoms with Crippen LogP contribution in [-0.4, -0.2) is 12.2 Å². The van der Waals surface area contributed by atoms with Crippen molar-refractivity contribution >= 4 is 28.4 Å². The Kier molecular flexibility index (Phi) is 4.46. The van der Waals surface area contributed by atoms with Crippen molar-refractivity contribution in [1.82, 2.24) is 0 Å². The van der Waals surface area contributed by atoms with E-state index in [-0.39, 0.29) is 0 Å². The largest absolute Gasteiger partial charge is 0.275 e. The molecule has 0 spiro atoms. The molecule has 0 saturated carbocycles. The average Bonchev–Trinajstić information content (AvgIpc) is 1.87. The maximum atomic E-state index is 5.56. The summed E-state index contributed by atoms with van der Waals surface area (Å²) < 4.78 is 0. The maximum Gasteiger partial charge on any atom is 0.142 e. The van der Waals surface area contributed by atoms with E-state index in [4.69, 9.17) is 23.2 Å². The lowest BCUT2D eigenvalue weighted by molar-refractivity contribution is 1.46. The fourth-order valence-electron chi connectivity index (χ4n) is 0.279. The van der Waals surface area contributed by atoms with Gasteiger partial charge in [0.25, 0.3) is 0 Å². The van der Waals surface area contributed by atoms with Gasteiger partial charge in [0, 0.05) is 7.05 Å². The van der Waals surface area contributed by atoms with E-state index in [0.29, 0.717) is 10.2 Å². The van der Waals surface area contributed by atoms with Gasteiger partial charge in [0.05, 0.1) is 5.03 Å². The van der Waals surface area contributed by atoms with Crippen LogP contribution >= 0.6 is 23.2 Å². The van der Waals surface area contributed by atoms with Gasteiger partial charge in [-0.15, -0.1) is 0 Å². The van der Waals surface area contributed by atoms with Gasteiger partial charge in [0.2, 0.25) is 0 Å². The molecule has 0 aromatic rings. The fraction of sp³-hybridized carbons (Fsp3) is 0.167. The first kappa shape index (κ1) is 8.73. The van der Waals surface area contributed by atoms with Crippen molar-refractivity contribution in [3.8, 4) is 0 Å². The van der Waals surface area contributed by atoms with Crippen LogP contribution in [-0.2, 0) is 0 Å². The zero-order valence-electron chi connectivity index (χ0n) is 5.06. The van der Waals surface area contributed by atoms with E-state index < -0.39 is 0 Å². The van der Waals surface area contributed by atoms with Crippen LogP contribution in [0.1, 0.15) is 0 Å². The number of rotatable bonds is 2. The van der Waals surface area contributed by atoms with E-state index in [1.54, 1.807) is 19.2 Å². The van der Waals surface area contributed by atoms with Gasteiger partial charge in [-0.2, -0.15) is 0 Å². The highest BCUT2D eigenvalue weighted by Gasteiger charge is 1.94. The summed E-state index contributed by atoms with van der Waals surface area (Å²) in [4.78, 5) is 3.64. The third-order valence-corrected chi connectivity index (χ3v) is 1.43. The second-order valence-electron chi connectivity index (χ2n) is 1.26. The summed E-state index contributed by atoms with van der Waals surface area (Å²) in [5.41, 5.74) is 0. The molecule has 0 rings (SSSR count). The van der Waals surface area contributed by atoms with E-state index in [2.05, 4.69) is 11.6 Å². The first-order valence-electron chi connectivity index (χ1n) is 2.33. The summed E-state index contributed by atoms with van der Waals surface area (Å²) in [6.07, 6.45) is 3.13. The number of halogens is 2. The Labute approximate surface area is 64.7 Å². The smallest absolute Gasteiger partial charge is 0.142 e. The molecule has 0 saturated heterocycles. The van der Waals surface area contributed by atoms with Gasteiger partial charge in [-0.1, -0.05) is 35.9 Å². The van der Waals surface area contributed by atoms with Gasteiger partial charge in [-0.25, -0.2) is 0 Å². The van der Waals surface area contributed by atoms with Crippen molar-refractivity contribution in [2.45, 2.75) is 0 Å². The standard InChI is InChI=1S/C6H7Cl2N/c1-3-4-5(7)6(8)9-2/h3-4H,1H2,2H3/b5-4+,9-6?. The van der Waals surface area contributed by atoms with Crippen LogP contribution in [0.3, 0.4) is 0 Å². The molecule has 0 aliphatic carbocycles. The van der Waals surface area contributed by atoms with Gasteiger partial charge in [0.15, 0.2) is 0 Å². The Morgan fingerprint density at radius 3 is 2.44 bits per heavy atom. The van der Waals surface area contributed by atoms with Crippen LogP contribution in [0.2, 0.25) is 0 Å².